The Hall–Kier alpha value is -1.69. The summed E-state index contributed by atoms with van der Waals surface area (Å²) in [5.41, 5.74) is 7.32. The van der Waals surface area contributed by atoms with E-state index in [1.54, 1.807) is 24.3 Å². The molecule has 0 spiro atoms. The number of rotatable bonds is 4. The number of carbonyl (C=O) groups is 1. The van der Waals surface area contributed by atoms with E-state index in [-0.39, 0.29) is 12.5 Å². The lowest BCUT2D eigenvalue weighted by Crippen LogP contribution is -2.26. The van der Waals surface area contributed by atoms with E-state index in [2.05, 4.69) is 5.32 Å². The van der Waals surface area contributed by atoms with Crippen molar-refractivity contribution in [1.29, 1.82) is 0 Å². The molecule has 0 aliphatic rings. The van der Waals surface area contributed by atoms with Crippen LogP contribution in [0.5, 0.6) is 0 Å². The number of nitrogens with one attached hydrogen (secondary N) is 1. The van der Waals surface area contributed by atoms with Crippen LogP contribution in [0.3, 0.4) is 0 Å². The SMILES string of the molecule is NC(C(=O)Nc1ccc(CO)cc1)c1cccs1. The third-order valence-corrected chi connectivity index (χ3v) is 3.49. The van der Waals surface area contributed by atoms with Crippen molar-refractivity contribution in [3.8, 4) is 0 Å². The molecule has 1 atom stereocenters. The maximum absolute atomic E-state index is 11.9. The summed E-state index contributed by atoms with van der Waals surface area (Å²) in [6.45, 7) is -0.0110. The predicted octanol–water partition coefficient (Wildman–Crippen LogP) is 1.88. The van der Waals surface area contributed by atoms with Gasteiger partial charge in [0.2, 0.25) is 5.91 Å². The van der Waals surface area contributed by atoms with Gasteiger partial charge in [-0.3, -0.25) is 4.79 Å². The van der Waals surface area contributed by atoms with Crippen LogP contribution in [-0.2, 0) is 11.4 Å². The topological polar surface area (TPSA) is 75.4 Å². The number of carbonyl (C=O) groups excluding carboxylic acids is 1. The molecule has 0 aliphatic carbocycles. The molecule has 4 nitrogen and oxygen atoms in total. The summed E-state index contributed by atoms with van der Waals surface area (Å²) in [4.78, 5) is 12.7. The van der Waals surface area contributed by atoms with Gasteiger partial charge in [-0.15, -0.1) is 11.3 Å². The Labute approximate surface area is 109 Å². The van der Waals surface area contributed by atoms with Crippen LogP contribution in [0.1, 0.15) is 16.5 Å². The fraction of sp³-hybridized carbons (Fsp3) is 0.154. The van der Waals surface area contributed by atoms with Gasteiger partial charge < -0.3 is 16.2 Å². The molecule has 0 radical (unpaired) electrons. The van der Waals surface area contributed by atoms with Gasteiger partial charge in [0.25, 0.3) is 0 Å². The summed E-state index contributed by atoms with van der Waals surface area (Å²) in [5, 5.41) is 13.5. The van der Waals surface area contributed by atoms with Crippen molar-refractivity contribution in [2.75, 3.05) is 5.32 Å². The Bertz CT molecular complexity index is 508. The number of anilines is 1. The number of nitrogens with two attached hydrogens (primary N) is 1. The minimum Gasteiger partial charge on any atom is -0.392 e. The molecular weight excluding hydrogens is 248 g/mol. The van der Waals surface area contributed by atoms with Crippen molar-refractivity contribution in [2.45, 2.75) is 12.6 Å². The number of benzene rings is 1. The van der Waals surface area contributed by atoms with Gasteiger partial charge in [0.05, 0.1) is 6.61 Å². The van der Waals surface area contributed by atoms with Crippen LogP contribution in [0.4, 0.5) is 5.69 Å². The Kier molecular flexibility index (Phi) is 4.09. The largest absolute Gasteiger partial charge is 0.392 e. The molecular formula is C13H14N2O2S. The Morgan fingerprint density at radius 2 is 2.06 bits per heavy atom. The third kappa shape index (κ3) is 2.95. The van der Waals surface area contributed by atoms with Crippen LogP contribution in [0, 0.1) is 0 Å². The lowest BCUT2D eigenvalue weighted by Gasteiger charge is -2.10. The molecule has 94 valence electrons. The second-order valence-electron chi connectivity index (χ2n) is 3.84. The molecule has 0 aliphatic heterocycles. The van der Waals surface area contributed by atoms with E-state index in [1.807, 2.05) is 17.5 Å². The number of aliphatic hydroxyl groups is 1. The highest BCUT2D eigenvalue weighted by molar-refractivity contribution is 7.10. The van der Waals surface area contributed by atoms with E-state index in [9.17, 15) is 4.79 Å². The number of amides is 1. The fourth-order valence-electron chi connectivity index (χ4n) is 1.51. The van der Waals surface area contributed by atoms with Gasteiger partial charge >= 0.3 is 0 Å². The molecule has 2 aromatic rings. The fourth-order valence-corrected chi connectivity index (χ4v) is 2.24. The molecule has 1 unspecified atom stereocenters. The minimum atomic E-state index is -0.650. The molecule has 0 fully saturated rings. The number of hydrogen-bond donors (Lipinski definition) is 3. The molecule has 1 aromatic carbocycles. The lowest BCUT2D eigenvalue weighted by molar-refractivity contribution is -0.117. The number of hydrogen-bond acceptors (Lipinski definition) is 4. The van der Waals surface area contributed by atoms with Gasteiger partial charge in [-0.25, -0.2) is 0 Å². The van der Waals surface area contributed by atoms with Crippen LogP contribution < -0.4 is 11.1 Å². The molecule has 4 N–H and O–H groups in total. The number of aliphatic hydroxyl groups excluding tert-OH is 1. The van der Waals surface area contributed by atoms with E-state index in [0.29, 0.717) is 5.69 Å². The molecule has 1 aromatic heterocycles. The van der Waals surface area contributed by atoms with Gasteiger partial charge in [0.15, 0.2) is 0 Å². The van der Waals surface area contributed by atoms with Crippen molar-refractivity contribution < 1.29 is 9.90 Å². The highest BCUT2D eigenvalue weighted by Gasteiger charge is 2.16. The molecule has 18 heavy (non-hydrogen) atoms. The maximum atomic E-state index is 11.9. The zero-order chi connectivity index (χ0) is 13.0. The highest BCUT2D eigenvalue weighted by atomic mass is 32.1. The van der Waals surface area contributed by atoms with Gasteiger partial charge in [0.1, 0.15) is 6.04 Å². The second-order valence-corrected chi connectivity index (χ2v) is 4.82. The van der Waals surface area contributed by atoms with Gasteiger partial charge in [-0.05, 0) is 29.1 Å². The summed E-state index contributed by atoms with van der Waals surface area (Å²) in [5.74, 6) is -0.241. The van der Waals surface area contributed by atoms with E-state index in [4.69, 9.17) is 10.8 Å². The Balaban J connectivity index is 2.02. The summed E-state index contributed by atoms with van der Waals surface area (Å²) < 4.78 is 0. The van der Waals surface area contributed by atoms with Crippen molar-refractivity contribution in [1.82, 2.24) is 0 Å². The highest BCUT2D eigenvalue weighted by Crippen LogP contribution is 2.18. The van der Waals surface area contributed by atoms with Gasteiger partial charge in [-0.1, -0.05) is 18.2 Å². The third-order valence-electron chi connectivity index (χ3n) is 2.54. The first-order chi connectivity index (χ1) is 8.70. The van der Waals surface area contributed by atoms with Crippen LogP contribution >= 0.6 is 11.3 Å². The van der Waals surface area contributed by atoms with Crippen molar-refractivity contribution >= 4 is 22.9 Å². The van der Waals surface area contributed by atoms with Crippen LogP contribution in [0.2, 0.25) is 0 Å². The van der Waals surface area contributed by atoms with E-state index < -0.39 is 6.04 Å². The first-order valence-corrected chi connectivity index (χ1v) is 6.38. The van der Waals surface area contributed by atoms with E-state index in [0.717, 1.165) is 10.4 Å². The van der Waals surface area contributed by atoms with Crippen LogP contribution in [-0.4, -0.2) is 11.0 Å². The van der Waals surface area contributed by atoms with Crippen LogP contribution in [0.25, 0.3) is 0 Å². The lowest BCUT2D eigenvalue weighted by atomic mass is 10.2. The molecule has 0 bridgehead atoms. The zero-order valence-electron chi connectivity index (χ0n) is 9.67. The molecule has 1 amide bonds. The average Bonchev–Trinajstić information content (AvgIpc) is 2.92. The summed E-state index contributed by atoms with van der Waals surface area (Å²) >= 11 is 1.46. The first-order valence-electron chi connectivity index (χ1n) is 5.50. The molecule has 0 saturated carbocycles. The predicted molar refractivity (Wildman–Crippen MR) is 72.2 cm³/mol. The number of thiophene rings is 1. The minimum absolute atomic E-state index is 0.0110. The monoisotopic (exact) mass is 262 g/mol. The Morgan fingerprint density at radius 3 is 2.61 bits per heavy atom. The average molecular weight is 262 g/mol. The zero-order valence-corrected chi connectivity index (χ0v) is 10.5. The van der Waals surface area contributed by atoms with Crippen LogP contribution in [0.15, 0.2) is 41.8 Å². The van der Waals surface area contributed by atoms with Gasteiger partial charge in [-0.2, -0.15) is 0 Å². The molecule has 0 saturated heterocycles. The summed E-state index contributed by atoms with van der Waals surface area (Å²) in [6.07, 6.45) is 0. The second kappa shape index (κ2) is 5.77. The summed E-state index contributed by atoms with van der Waals surface area (Å²) in [6, 6.07) is 10.0. The van der Waals surface area contributed by atoms with E-state index >= 15 is 0 Å². The van der Waals surface area contributed by atoms with Crippen molar-refractivity contribution in [2.24, 2.45) is 5.73 Å². The Morgan fingerprint density at radius 1 is 1.33 bits per heavy atom. The maximum Gasteiger partial charge on any atom is 0.246 e. The smallest absolute Gasteiger partial charge is 0.246 e. The van der Waals surface area contributed by atoms with Gasteiger partial charge in [0, 0.05) is 10.6 Å². The normalized spacial score (nSPS) is 12.1. The first kappa shape index (κ1) is 12.8. The molecule has 2 rings (SSSR count). The molecule has 5 heteroatoms. The standard InChI is InChI=1S/C13H14N2O2S/c14-12(11-2-1-7-18-11)13(17)15-10-5-3-9(8-16)4-6-10/h1-7,12,16H,8,14H2,(H,15,17). The summed E-state index contributed by atoms with van der Waals surface area (Å²) in [7, 11) is 0. The molecule has 1 heterocycles. The van der Waals surface area contributed by atoms with E-state index in [1.165, 1.54) is 11.3 Å². The van der Waals surface area contributed by atoms with Crippen molar-refractivity contribution in [3.05, 3.63) is 52.2 Å². The quantitative estimate of drug-likeness (QED) is 0.787. The van der Waals surface area contributed by atoms with Crippen molar-refractivity contribution in [3.63, 3.8) is 0 Å².